The van der Waals surface area contributed by atoms with E-state index in [0.717, 1.165) is 14.2 Å². The van der Waals surface area contributed by atoms with E-state index >= 15 is 0 Å². The van der Waals surface area contributed by atoms with Crippen LogP contribution < -0.4 is 5.43 Å². The lowest BCUT2D eigenvalue weighted by Gasteiger charge is -2.04. The molecule has 0 aliphatic rings. The minimum absolute atomic E-state index is 0.477. The molecule has 1 aromatic rings. The van der Waals surface area contributed by atoms with E-state index in [2.05, 4.69) is 20.0 Å². The Morgan fingerprint density at radius 1 is 1.11 bits per heavy atom. The summed E-state index contributed by atoms with van der Waals surface area (Å²) < 4.78 is 8.82. The molecule has 0 aliphatic carbocycles. The number of carbonyl (C=O) groups is 2. The summed E-state index contributed by atoms with van der Waals surface area (Å²) in [7, 11) is 2.28. The predicted octanol–water partition coefficient (Wildman–Crippen LogP) is 1.45. The van der Waals surface area contributed by atoms with Crippen LogP contribution in [-0.2, 0) is 19.1 Å². The molecule has 1 aromatic carbocycles. The molecule has 0 heterocycles. The van der Waals surface area contributed by atoms with Crippen molar-refractivity contribution in [2.75, 3.05) is 19.6 Å². The van der Waals surface area contributed by atoms with Crippen LogP contribution in [0.3, 0.4) is 0 Å². The summed E-state index contributed by atoms with van der Waals surface area (Å²) >= 11 is 5.71. The number of nitrogens with one attached hydrogen (secondary N) is 1. The Morgan fingerprint density at radius 2 is 1.61 bits per heavy atom. The van der Waals surface area contributed by atoms with E-state index in [1.807, 2.05) is 0 Å². The second kappa shape index (κ2) is 6.61. The maximum Gasteiger partial charge on any atom is 0.366 e. The molecular formula is C11H11ClN2O4. The summed E-state index contributed by atoms with van der Waals surface area (Å²) in [5.41, 5.74) is 2.61. The topological polar surface area (TPSA) is 77.0 Å². The zero-order valence-corrected chi connectivity index (χ0v) is 10.5. The normalized spacial score (nSPS) is 9.28. The van der Waals surface area contributed by atoms with Gasteiger partial charge in [-0.2, -0.15) is 5.10 Å². The summed E-state index contributed by atoms with van der Waals surface area (Å²) in [5.74, 6) is -1.77. The molecule has 0 amide bonds. The molecule has 0 saturated carbocycles. The van der Waals surface area contributed by atoms with Gasteiger partial charge in [-0.25, -0.2) is 9.59 Å². The molecule has 0 bridgehead atoms. The standard InChI is InChI=1S/C11H11ClN2O4/c1-17-10(15)9(11(16)18-2)14-13-8-5-3-7(12)4-6-8/h3-6,13H,1-2H3. The van der Waals surface area contributed by atoms with Crippen LogP contribution in [0.5, 0.6) is 0 Å². The van der Waals surface area contributed by atoms with Gasteiger partial charge in [0, 0.05) is 5.02 Å². The first-order chi connectivity index (χ1) is 8.58. The van der Waals surface area contributed by atoms with Gasteiger partial charge in [-0.1, -0.05) is 11.6 Å². The van der Waals surface area contributed by atoms with E-state index in [9.17, 15) is 9.59 Å². The quantitative estimate of drug-likeness (QED) is 0.388. The lowest BCUT2D eigenvalue weighted by molar-refractivity contribution is -0.138. The van der Waals surface area contributed by atoms with Gasteiger partial charge in [-0.05, 0) is 24.3 Å². The van der Waals surface area contributed by atoms with Crippen LogP contribution >= 0.6 is 11.6 Å². The van der Waals surface area contributed by atoms with Gasteiger partial charge in [0.05, 0.1) is 19.9 Å². The molecule has 0 radical (unpaired) electrons. The zero-order valence-electron chi connectivity index (χ0n) is 9.77. The first kappa shape index (κ1) is 14.0. The monoisotopic (exact) mass is 270 g/mol. The highest BCUT2D eigenvalue weighted by Gasteiger charge is 2.22. The van der Waals surface area contributed by atoms with E-state index in [1.165, 1.54) is 0 Å². The highest BCUT2D eigenvalue weighted by Crippen LogP contribution is 2.13. The van der Waals surface area contributed by atoms with Crippen LogP contribution in [0.1, 0.15) is 0 Å². The van der Waals surface area contributed by atoms with Crippen molar-refractivity contribution in [3.63, 3.8) is 0 Å². The van der Waals surface area contributed by atoms with Crippen LogP contribution in [0.4, 0.5) is 5.69 Å². The Morgan fingerprint density at radius 3 is 2.06 bits per heavy atom. The van der Waals surface area contributed by atoms with E-state index in [1.54, 1.807) is 24.3 Å². The Labute approximate surface area is 109 Å². The number of benzene rings is 1. The summed E-state index contributed by atoms with van der Waals surface area (Å²) in [6.07, 6.45) is 0. The van der Waals surface area contributed by atoms with E-state index < -0.39 is 17.7 Å². The highest BCUT2D eigenvalue weighted by atomic mass is 35.5. The van der Waals surface area contributed by atoms with Gasteiger partial charge in [0.2, 0.25) is 0 Å². The van der Waals surface area contributed by atoms with Gasteiger partial charge in [0.15, 0.2) is 0 Å². The van der Waals surface area contributed by atoms with Crippen molar-refractivity contribution in [3.8, 4) is 0 Å². The van der Waals surface area contributed by atoms with Crippen molar-refractivity contribution < 1.29 is 19.1 Å². The van der Waals surface area contributed by atoms with Crippen LogP contribution in [0.2, 0.25) is 5.02 Å². The fourth-order valence-electron chi connectivity index (χ4n) is 1.01. The molecular weight excluding hydrogens is 260 g/mol. The third-order valence-electron chi connectivity index (χ3n) is 1.90. The smallest absolute Gasteiger partial charge is 0.366 e. The number of methoxy groups -OCH3 is 2. The van der Waals surface area contributed by atoms with E-state index in [4.69, 9.17) is 11.6 Å². The minimum atomic E-state index is -0.886. The fourth-order valence-corrected chi connectivity index (χ4v) is 1.14. The SMILES string of the molecule is COC(=O)C(=NNc1ccc(Cl)cc1)C(=O)OC. The molecule has 1 rings (SSSR count). The van der Waals surface area contributed by atoms with Gasteiger partial charge in [0.1, 0.15) is 0 Å². The van der Waals surface area contributed by atoms with E-state index in [0.29, 0.717) is 10.7 Å². The third-order valence-corrected chi connectivity index (χ3v) is 2.15. The average molecular weight is 271 g/mol. The minimum Gasteiger partial charge on any atom is -0.464 e. The van der Waals surface area contributed by atoms with E-state index in [-0.39, 0.29) is 0 Å². The molecule has 18 heavy (non-hydrogen) atoms. The number of hydrazone groups is 1. The van der Waals surface area contributed by atoms with Crippen molar-refractivity contribution in [2.24, 2.45) is 5.10 Å². The zero-order chi connectivity index (χ0) is 13.5. The Kier molecular flexibility index (Phi) is 5.13. The number of ether oxygens (including phenoxy) is 2. The number of nitrogens with zero attached hydrogens (tertiary/aromatic N) is 1. The van der Waals surface area contributed by atoms with Crippen molar-refractivity contribution >= 4 is 34.9 Å². The van der Waals surface area contributed by atoms with Gasteiger partial charge >= 0.3 is 11.9 Å². The Hall–Kier alpha value is -2.08. The molecule has 0 spiro atoms. The molecule has 7 heteroatoms. The predicted molar refractivity (Wildman–Crippen MR) is 66.5 cm³/mol. The maximum atomic E-state index is 11.3. The summed E-state index contributed by atoms with van der Waals surface area (Å²) in [6, 6.07) is 6.54. The average Bonchev–Trinajstić information content (AvgIpc) is 2.40. The molecule has 0 aliphatic heterocycles. The van der Waals surface area contributed by atoms with Crippen molar-refractivity contribution in [2.45, 2.75) is 0 Å². The van der Waals surface area contributed by atoms with Gasteiger partial charge in [0.25, 0.3) is 5.71 Å². The largest absolute Gasteiger partial charge is 0.464 e. The van der Waals surface area contributed by atoms with Crippen LogP contribution in [0.15, 0.2) is 29.4 Å². The first-order valence-corrected chi connectivity index (χ1v) is 5.22. The van der Waals surface area contributed by atoms with Gasteiger partial charge < -0.3 is 9.47 Å². The van der Waals surface area contributed by atoms with Gasteiger partial charge in [-0.15, -0.1) is 0 Å². The van der Waals surface area contributed by atoms with Gasteiger partial charge in [-0.3, -0.25) is 5.43 Å². The Bertz CT molecular complexity index is 452. The molecule has 6 nitrogen and oxygen atoms in total. The highest BCUT2D eigenvalue weighted by molar-refractivity contribution is 6.62. The lowest BCUT2D eigenvalue weighted by atomic mass is 10.3. The number of hydrogen-bond donors (Lipinski definition) is 1. The van der Waals surface area contributed by atoms with Crippen molar-refractivity contribution in [3.05, 3.63) is 29.3 Å². The molecule has 0 unspecified atom stereocenters. The second-order valence-electron chi connectivity index (χ2n) is 3.06. The molecule has 0 aromatic heterocycles. The number of halogens is 1. The number of esters is 2. The molecule has 96 valence electrons. The van der Waals surface area contributed by atoms with Crippen LogP contribution in [-0.4, -0.2) is 31.9 Å². The third kappa shape index (κ3) is 3.74. The second-order valence-corrected chi connectivity index (χ2v) is 3.50. The number of hydrogen-bond acceptors (Lipinski definition) is 6. The fraction of sp³-hybridized carbons (Fsp3) is 0.182. The molecule has 0 saturated heterocycles. The number of anilines is 1. The summed E-state index contributed by atoms with van der Waals surface area (Å²) in [4.78, 5) is 22.5. The first-order valence-electron chi connectivity index (χ1n) is 4.84. The molecule has 0 fully saturated rings. The molecule has 0 atom stereocenters. The van der Waals surface area contributed by atoms with Crippen LogP contribution in [0.25, 0.3) is 0 Å². The summed E-state index contributed by atoms with van der Waals surface area (Å²) in [5, 5.41) is 4.20. The Balaban J connectivity index is 2.86. The number of carbonyl (C=O) groups excluding carboxylic acids is 2. The maximum absolute atomic E-state index is 11.3. The number of rotatable bonds is 4. The summed E-state index contributed by atoms with van der Waals surface area (Å²) in [6.45, 7) is 0. The van der Waals surface area contributed by atoms with Crippen LogP contribution in [0, 0.1) is 0 Å². The lowest BCUT2D eigenvalue weighted by Crippen LogP contribution is -2.27. The van der Waals surface area contributed by atoms with Crippen molar-refractivity contribution in [1.29, 1.82) is 0 Å². The van der Waals surface area contributed by atoms with Crippen molar-refractivity contribution in [1.82, 2.24) is 0 Å². The molecule has 1 N–H and O–H groups in total.